The van der Waals surface area contributed by atoms with E-state index in [1.807, 2.05) is 0 Å². The minimum atomic E-state index is -3.57. The summed E-state index contributed by atoms with van der Waals surface area (Å²) in [6, 6.07) is 12.8. The fourth-order valence-electron chi connectivity index (χ4n) is 1.91. The van der Waals surface area contributed by atoms with Crippen LogP contribution in [0, 0.1) is 0 Å². The fourth-order valence-corrected chi connectivity index (χ4v) is 3.13. The topological polar surface area (TPSA) is 125 Å². The van der Waals surface area contributed by atoms with Crippen molar-refractivity contribution in [2.75, 3.05) is 11.0 Å². The van der Waals surface area contributed by atoms with Crippen LogP contribution in [0.15, 0.2) is 48.5 Å². The molecular weight excluding hydrogens is 367 g/mol. The van der Waals surface area contributed by atoms with E-state index in [0.717, 1.165) is 6.26 Å². The summed E-state index contributed by atoms with van der Waals surface area (Å²) in [6.45, 7) is 0. The maximum Gasteiger partial charge on any atom is 0.576 e. The van der Waals surface area contributed by atoms with E-state index >= 15 is 0 Å². The summed E-state index contributed by atoms with van der Waals surface area (Å²) in [5.41, 5.74) is 0.992. The van der Waals surface area contributed by atoms with Gasteiger partial charge in [0.1, 0.15) is 11.5 Å². The van der Waals surface area contributed by atoms with Crippen LogP contribution in [0.25, 0.3) is 0 Å². The van der Waals surface area contributed by atoms with Crippen molar-refractivity contribution in [2.45, 2.75) is 5.75 Å². The van der Waals surface area contributed by atoms with Crippen LogP contribution in [-0.4, -0.2) is 30.8 Å². The molecule has 0 aromatic heterocycles. The largest absolute Gasteiger partial charge is 0.576 e. The standard InChI is InChI=1S/C14H17BN2O6S2/c1-24(18,19)17-12-4-8-14(9-5-12)23-15-22-13-6-2-11(3-7-13)10-25(16,20)21/h2-9,15,17H,10H2,1H3,(H2,16,20,21). The molecular formula is C14H17BN2O6S2. The van der Waals surface area contributed by atoms with Gasteiger partial charge in [-0.3, -0.25) is 4.72 Å². The Labute approximate surface area is 147 Å². The molecule has 0 aliphatic rings. The maximum atomic E-state index is 11.1. The van der Waals surface area contributed by atoms with Crippen molar-refractivity contribution in [1.29, 1.82) is 0 Å². The van der Waals surface area contributed by atoms with Crippen molar-refractivity contribution in [3.63, 3.8) is 0 Å². The van der Waals surface area contributed by atoms with Gasteiger partial charge in [-0.15, -0.1) is 0 Å². The molecule has 0 spiro atoms. The zero-order valence-electron chi connectivity index (χ0n) is 13.4. The molecule has 8 nitrogen and oxygen atoms in total. The van der Waals surface area contributed by atoms with E-state index in [1.165, 1.54) is 0 Å². The van der Waals surface area contributed by atoms with Gasteiger partial charge in [-0.1, -0.05) is 12.1 Å². The Balaban J connectivity index is 1.84. The Morgan fingerprint density at radius 3 is 1.84 bits per heavy atom. The van der Waals surface area contributed by atoms with Gasteiger partial charge in [-0.05, 0) is 42.0 Å². The minimum absolute atomic E-state index is 0.0621. The predicted octanol–water partition coefficient (Wildman–Crippen LogP) is 0.571. The van der Waals surface area contributed by atoms with Crippen molar-refractivity contribution >= 4 is 33.4 Å². The number of nitrogens with two attached hydrogens (primary N) is 1. The highest BCUT2D eigenvalue weighted by Gasteiger charge is 2.06. The van der Waals surface area contributed by atoms with Gasteiger partial charge in [0.25, 0.3) is 0 Å². The lowest BCUT2D eigenvalue weighted by molar-refractivity contribution is 0.459. The van der Waals surface area contributed by atoms with Crippen molar-refractivity contribution in [3.05, 3.63) is 54.1 Å². The van der Waals surface area contributed by atoms with E-state index in [2.05, 4.69) is 4.72 Å². The summed E-state index contributed by atoms with van der Waals surface area (Å²) in [5.74, 6) is 0.774. The Hall–Kier alpha value is -2.24. The lowest BCUT2D eigenvalue weighted by Gasteiger charge is -2.09. The van der Waals surface area contributed by atoms with Crippen LogP contribution in [0.4, 0.5) is 5.69 Å². The molecule has 0 heterocycles. The lowest BCUT2D eigenvalue weighted by Crippen LogP contribution is -2.14. The highest BCUT2D eigenvalue weighted by atomic mass is 32.2. The molecule has 0 radical (unpaired) electrons. The minimum Gasteiger partial charge on any atom is -0.529 e. The Bertz CT molecular complexity index is 835. The molecule has 2 aromatic carbocycles. The molecule has 0 amide bonds. The molecule has 2 rings (SSSR count). The van der Waals surface area contributed by atoms with Gasteiger partial charge in [0.15, 0.2) is 0 Å². The molecule has 134 valence electrons. The first-order chi connectivity index (χ1) is 11.6. The summed E-state index contributed by atoms with van der Waals surface area (Å²) in [5, 5.41) is 4.98. The molecule has 0 aliphatic carbocycles. The highest BCUT2D eigenvalue weighted by Crippen LogP contribution is 2.17. The first-order valence-electron chi connectivity index (χ1n) is 7.04. The summed E-state index contributed by atoms with van der Waals surface area (Å²) in [4.78, 5) is 0. The molecule has 0 aliphatic heterocycles. The second-order valence-corrected chi connectivity index (χ2v) is 8.62. The van der Waals surface area contributed by atoms with E-state index in [-0.39, 0.29) is 13.4 Å². The second-order valence-electron chi connectivity index (χ2n) is 5.26. The Kier molecular flexibility index (Phi) is 5.93. The van der Waals surface area contributed by atoms with Gasteiger partial charge >= 0.3 is 7.69 Å². The van der Waals surface area contributed by atoms with Crippen molar-refractivity contribution in [2.24, 2.45) is 5.14 Å². The summed E-state index contributed by atoms with van der Waals surface area (Å²) in [7, 11) is -6.95. The molecule has 3 N–H and O–H groups in total. The summed E-state index contributed by atoms with van der Waals surface area (Å²) < 4.78 is 57.4. The van der Waals surface area contributed by atoms with Gasteiger partial charge in [0.05, 0.1) is 12.0 Å². The Morgan fingerprint density at radius 1 is 0.920 bits per heavy atom. The predicted molar refractivity (Wildman–Crippen MR) is 96.6 cm³/mol. The van der Waals surface area contributed by atoms with Crippen molar-refractivity contribution in [1.82, 2.24) is 0 Å². The molecule has 11 heteroatoms. The zero-order valence-corrected chi connectivity index (χ0v) is 15.0. The third kappa shape index (κ3) is 7.46. The summed E-state index contributed by atoms with van der Waals surface area (Å²) >= 11 is 0. The number of anilines is 1. The van der Waals surface area contributed by atoms with E-state index in [9.17, 15) is 16.8 Å². The molecule has 0 atom stereocenters. The first-order valence-corrected chi connectivity index (χ1v) is 10.6. The van der Waals surface area contributed by atoms with Crippen LogP contribution < -0.4 is 19.2 Å². The third-order valence-corrected chi connectivity index (χ3v) is 4.24. The number of rotatable bonds is 8. The van der Waals surface area contributed by atoms with E-state index < -0.39 is 20.0 Å². The van der Waals surface area contributed by atoms with Gasteiger partial charge in [0.2, 0.25) is 20.0 Å². The molecule has 0 unspecified atom stereocenters. The number of nitrogens with one attached hydrogen (secondary N) is 1. The van der Waals surface area contributed by atoms with Crippen LogP contribution >= 0.6 is 0 Å². The zero-order chi connectivity index (χ0) is 18.5. The van der Waals surface area contributed by atoms with E-state index in [4.69, 9.17) is 14.4 Å². The first kappa shape index (κ1) is 19.1. The smallest absolute Gasteiger partial charge is 0.529 e. The van der Waals surface area contributed by atoms with E-state index in [1.54, 1.807) is 48.5 Å². The average molecular weight is 384 g/mol. The van der Waals surface area contributed by atoms with Crippen LogP contribution in [0.5, 0.6) is 11.5 Å². The highest BCUT2D eigenvalue weighted by molar-refractivity contribution is 7.92. The number of benzene rings is 2. The SMILES string of the molecule is CS(=O)(=O)Nc1ccc(OBOc2ccc(CS(N)(=O)=O)cc2)cc1. The average Bonchev–Trinajstić information content (AvgIpc) is 2.48. The van der Waals surface area contributed by atoms with Crippen molar-refractivity contribution < 1.29 is 26.1 Å². The molecule has 0 fully saturated rings. The second kappa shape index (κ2) is 7.76. The lowest BCUT2D eigenvalue weighted by atomic mass is 10.2. The number of primary sulfonamides is 1. The van der Waals surface area contributed by atoms with E-state index in [0.29, 0.717) is 22.7 Å². The molecule has 0 bridgehead atoms. The van der Waals surface area contributed by atoms with Crippen LogP contribution in [0.3, 0.4) is 0 Å². The van der Waals surface area contributed by atoms with Gasteiger partial charge in [0, 0.05) is 5.69 Å². The van der Waals surface area contributed by atoms with Crippen LogP contribution in [0.1, 0.15) is 5.56 Å². The Morgan fingerprint density at radius 2 is 1.40 bits per heavy atom. The number of sulfonamides is 2. The molecule has 25 heavy (non-hydrogen) atoms. The molecule has 0 saturated heterocycles. The van der Waals surface area contributed by atoms with Gasteiger partial charge in [-0.25, -0.2) is 22.0 Å². The maximum absolute atomic E-state index is 11.1. The van der Waals surface area contributed by atoms with Gasteiger partial charge in [-0.2, -0.15) is 0 Å². The fraction of sp³-hybridized carbons (Fsp3) is 0.143. The van der Waals surface area contributed by atoms with Gasteiger partial charge < -0.3 is 9.31 Å². The van der Waals surface area contributed by atoms with Crippen LogP contribution in [-0.2, 0) is 25.8 Å². The third-order valence-electron chi connectivity index (χ3n) is 2.90. The molecule has 0 saturated carbocycles. The molecule has 2 aromatic rings. The number of hydrogen-bond acceptors (Lipinski definition) is 6. The normalized spacial score (nSPS) is 11.6. The quantitative estimate of drug-likeness (QED) is 0.641. The monoisotopic (exact) mass is 384 g/mol. The number of hydrogen-bond donors (Lipinski definition) is 2. The van der Waals surface area contributed by atoms with Crippen LogP contribution in [0.2, 0.25) is 0 Å². The summed E-state index contributed by atoms with van der Waals surface area (Å²) in [6.07, 6.45) is 1.07. The van der Waals surface area contributed by atoms with Crippen molar-refractivity contribution in [3.8, 4) is 11.5 Å².